The van der Waals surface area contributed by atoms with Gasteiger partial charge < -0.3 is 9.47 Å². The fourth-order valence-corrected chi connectivity index (χ4v) is 2.50. The van der Waals surface area contributed by atoms with Gasteiger partial charge in [-0.2, -0.15) is 0 Å². The largest absolute Gasteiger partial charge is 0.462 e. The van der Waals surface area contributed by atoms with Gasteiger partial charge in [0, 0.05) is 0 Å². The maximum absolute atomic E-state index is 12.4. The molecule has 0 saturated carbocycles. The molecule has 1 aliphatic rings. The van der Waals surface area contributed by atoms with Crippen LogP contribution in [0.25, 0.3) is 0 Å². The molecule has 1 atom stereocenters. The molecule has 1 aliphatic heterocycles. The van der Waals surface area contributed by atoms with Gasteiger partial charge in [-0.1, -0.05) is 60.7 Å². The minimum absolute atomic E-state index is 0.104. The molecule has 1 fully saturated rings. The summed E-state index contributed by atoms with van der Waals surface area (Å²) in [4.78, 5) is 25.4. The van der Waals surface area contributed by atoms with Gasteiger partial charge in [0.05, 0.1) is 6.04 Å². The fraction of sp³-hybridized carbons (Fsp3) is 0.222. The predicted octanol–water partition coefficient (Wildman–Crippen LogP) is 2.92. The van der Waals surface area contributed by atoms with E-state index in [2.05, 4.69) is 0 Å². The second kappa shape index (κ2) is 6.96. The van der Waals surface area contributed by atoms with E-state index < -0.39 is 12.1 Å². The Bertz CT molecular complexity index is 672. The maximum Gasteiger partial charge on any atom is 0.411 e. The Hall–Kier alpha value is -2.82. The summed E-state index contributed by atoms with van der Waals surface area (Å²) < 4.78 is 10.4. The van der Waals surface area contributed by atoms with E-state index in [0.29, 0.717) is 0 Å². The van der Waals surface area contributed by atoms with E-state index in [4.69, 9.17) is 9.47 Å². The molecule has 0 bridgehead atoms. The van der Waals surface area contributed by atoms with Crippen molar-refractivity contribution in [2.45, 2.75) is 12.6 Å². The van der Waals surface area contributed by atoms with Crippen LogP contribution in [0.3, 0.4) is 0 Å². The smallest absolute Gasteiger partial charge is 0.411 e. The van der Waals surface area contributed by atoms with Crippen LogP contribution in [-0.2, 0) is 20.9 Å². The lowest BCUT2D eigenvalue weighted by Crippen LogP contribution is -2.46. The van der Waals surface area contributed by atoms with Gasteiger partial charge in [0.25, 0.3) is 0 Å². The Morgan fingerprint density at radius 3 is 2.43 bits per heavy atom. The number of nitrogens with zero attached hydrogens (tertiary/aromatic N) is 1. The molecule has 2 aromatic rings. The minimum Gasteiger partial charge on any atom is -0.462 e. The van der Waals surface area contributed by atoms with E-state index in [1.807, 2.05) is 60.7 Å². The molecule has 0 unspecified atom stereocenters. The topological polar surface area (TPSA) is 55.8 Å². The molecule has 2 aromatic carbocycles. The quantitative estimate of drug-likeness (QED) is 0.818. The second-order valence-corrected chi connectivity index (χ2v) is 5.28. The minimum atomic E-state index is -0.514. The first-order valence-corrected chi connectivity index (χ1v) is 7.42. The third kappa shape index (κ3) is 3.69. The molecule has 3 rings (SSSR count). The number of cyclic esters (lactones) is 1. The van der Waals surface area contributed by atoms with Crippen LogP contribution >= 0.6 is 0 Å². The highest BCUT2D eigenvalue weighted by molar-refractivity contribution is 5.79. The predicted molar refractivity (Wildman–Crippen MR) is 83.5 cm³/mol. The molecule has 0 N–H and O–H groups in total. The Morgan fingerprint density at radius 1 is 1.09 bits per heavy atom. The number of rotatable bonds is 3. The van der Waals surface area contributed by atoms with Crippen molar-refractivity contribution in [3.63, 3.8) is 0 Å². The zero-order chi connectivity index (χ0) is 16.1. The summed E-state index contributed by atoms with van der Waals surface area (Å²) in [6, 6.07) is 18.6. The van der Waals surface area contributed by atoms with Crippen LogP contribution in [0.5, 0.6) is 0 Å². The van der Waals surface area contributed by atoms with Crippen LogP contribution in [0.1, 0.15) is 17.2 Å². The van der Waals surface area contributed by atoms with Crippen molar-refractivity contribution in [2.24, 2.45) is 0 Å². The first-order valence-electron chi connectivity index (χ1n) is 7.42. The van der Waals surface area contributed by atoms with E-state index in [1.54, 1.807) is 0 Å². The summed E-state index contributed by atoms with van der Waals surface area (Å²) >= 11 is 0. The van der Waals surface area contributed by atoms with Crippen molar-refractivity contribution in [3.05, 3.63) is 71.8 Å². The standard InChI is InChI=1S/C18H17NO4/c20-17-11-19(16(13-22-17)15-9-5-2-6-10-15)18(21)23-12-14-7-3-1-4-8-14/h1-10,16H,11-13H2/t16-/m1/s1. The average Bonchev–Trinajstić information content (AvgIpc) is 2.61. The molecule has 0 aromatic heterocycles. The molecule has 23 heavy (non-hydrogen) atoms. The first-order chi connectivity index (χ1) is 11.2. The zero-order valence-electron chi connectivity index (χ0n) is 12.6. The highest BCUT2D eigenvalue weighted by Gasteiger charge is 2.33. The number of esters is 1. The summed E-state index contributed by atoms with van der Waals surface area (Å²) in [6.45, 7) is 0.212. The molecule has 0 radical (unpaired) electrons. The number of hydrogen-bond acceptors (Lipinski definition) is 4. The SMILES string of the molecule is O=C1CN(C(=O)OCc2ccccc2)[C@@H](c2ccccc2)CO1. The summed E-state index contributed by atoms with van der Waals surface area (Å²) in [7, 11) is 0. The van der Waals surface area contributed by atoms with Crippen LogP contribution in [-0.4, -0.2) is 30.1 Å². The molecular weight excluding hydrogens is 294 g/mol. The highest BCUT2D eigenvalue weighted by Crippen LogP contribution is 2.25. The molecule has 1 amide bonds. The van der Waals surface area contributed by atoms with E-state index in [9.17, 15) is 9.59 Å². The van der Waals surface area contributed by atoms with Gasteiger partial charge in [-0.3, -0.25) is 9.69 Å². The van der Waals surface area contributed by atoms with Gasteiger partial charge in [0.15, 0.2) is 0 Å². The van der Waals surface area contributed by atoms with Gasteiger partial charge in [-0.15, -0.1) is 0 Å². The van der Waals surface area contributed by atoms with Crippen LogP contribution < -0.4 is 0 Å². The third-order valence-electron chi connectivity index (χ3n) is 3.70. The van der Waals surface area contributed by atoms with Crippen molar-refractivity contribution >= 4 is 12.1 Å². The van der Waals surface area contributed by atoms with Crippen LogP contribution in [0.4, 0.5) is 4.79 Å². The van der Waals surface area contributed by atoms with Crippen molar-refractivity contribution in [2.75, 3.05) is 13.2 Å². The number of morpholine rings is 1. The maximum atomic E-state index is 12.4. The van der Waals surface area contributed by atoms with Crippen molar-refractivity contribution in [3.8, 4) is 0 Å². The summed E-state index contributed by atoms with van der Waals surface area (Å²) in [6.07, 6.45) is -0.514. The molecule has 118 valence electrons. The van der Waals surface area contributed by atoms with Gasteiger partial charge in [0.1, 0.15) is 19.8 Å². The number of hydrogen-bond donors (Lipinski definition) is 0. The Balaban J connectivity index is 1.71. The molecule has 5 nitrogen and oxygen atoms in total. The molecular formula is C18H17NO4. The molecule has 1 heterocycles. The fourth-order valence-electron chi connectivity index (χ4n) is 2.50. The lowest BCUT2D eigenvalue weighted by Gasteiger charge is -2.34. The van der Waals surface area contributed by atoms with E-state index in [0.717, 1.165) is 11.1 Å². The third-order valence-corrected chi connectivity index (χ3v) is 3.70. The van der Waals surface area contributed by atoms with Gasteiger partial charge in [-0.05, 0) is 11.1 Å². The normalized spacial score (nSPS) is 17.5. The molecule has 0 aliphatic carbocycles. The first kappa shape index (κ1) is 15.1. The molecule has 0 spiro atoms. The van der Waals surface area contributed by atoms with Gasteiger partial charge in [0.2, 0.25) is 0 Å². The average molecular weight is 311 g/mol. The van der Waals surface area contributed by atoms with Crippen LogP contribution in [0.15, 0.2) is 60.7 Å². The number of ether oxygens (including phenoxy) is 2. The Morgan fingerprint density at radius 2 is 1.74 bits per heavy atom. The van der Waals surface area contributed by atoms with Crippen molar-refractivity contribution in [1.29, 1.82) is 0 Å². The second-order valence-electron chi connectivity index (χ2n) is 5.28. The number of carbonyl (C=O) groups excluding carboxylic acids is 2. The number of benzene rings is 2. The van der Waals surface area contributed by atoms with Crippen LogP contribution in [0.2, 0.25) is 0 Å². The van der Waals surface area contributed by atoms with Crippen LogP contribution in [0, 0.1) is 0 Å². The Labute approximate surface area is 134 Å². The highest BCUT2D eigenvalue weighted by atomic mass is 16.6. The molecule has 5 heteroatoms. The lowest BCUT2D eigenvalue weighted by molar-refractivity contribution is -0.153. The summed E-state index contributed by atoms with van der Waals surface area (Å²) in [5, 5.41) is 0. The number of amides is 1. The van der Waals surface area contributed by atoms with Gasteiger partial charge >= 0.3 is 12.1 Å². The zero-order valence-corrected chi connectivity index (χ0v) is 12.6. The summed E-state index contributed by atoms with van der Waals surface area (Å²) in [5.74, 6) is -0.422. The number of carbonyl (C=O) groups is 2. The Kier molecular flexibility index (Phi) is 4.57. The van der Waals surface area contributed by atoms with E-state index in [-0.39, 0.29) is 25.8 Å². The lowest BCUT2D eigenvalue weighted by atomic mass is 10.1. The van der Waals surface area contributed by atoms with Gasteiger partial charge in [-0.25, -0.2) is 4.79 Å². The van der Waals surface area contributed by atoms with Crippen molar-refractivity contribution in [1.82, 2.24) is 4.90 Å². The van der Waals surface area contributed by atoms with Crippen molar-refractivity contribution < 1.29 is 19.1 Å². The monoisotopic (exact) mass is 311 g/mol. The van der Waals surface area contributed by atoms with E-state index >= 15 is 0 Å². The summed E-state index contributed by atoms with van der Waals surface area (Å²) in [5.41, 5.74) is 1.81. The molecule has 1 saturated heterocycles. The van der Waals surface area contributed by atoms with E-state index in [1.165, 1.54) is 4.90 Å².